The van der Waals surface area contributed by atoms with Crippen molar-refractivity contribution in [3.8, 4) is 17.2 Å². The predicted molar refractivity (Wildman–Crippen MR) is 118 cm³/mol. The highest BCUT2D eigenvalue weighted by Gasteiger charge is 2.14. The lowest BCUT2D eigenvalue weighted by molar-refractivity contribution is 0.102. The van der Waals surface area contributed by atoms with E-state index in [1.165, 1.54) is 0 Å². The van der Waals surface area contributed by atoms with Crippen LogP contribution < -0.4 is 10.1 Å². The molecule has 0 aliphatic heterocycles. The molecule has 2 aromatic heterocycles. The normalized spacial score (nSPS) is 10.8. The molecule has 7 heteroatoms. The molecule has 0 fully saturated rings. The molecule has 158 valence electrons. The van der Waals surface area contributed by atoms with E-state index in [0.717, 1.165) is 22.6 Å². The van der Waals surface area contributed by atoms with Crippen molar-refractivity contribution in [1.29, 1.82) is 0 Å². The Labute approximate surface area is 180 Å². The molecule has 1 N–H and O–H groups in total. The van der Waals surface area contributed by atoms with E-state index >= 15 is 0 Å². The summed E-state index contributed by atoms with van der Waals surface area (Å²) in [5, 5.41) is 7.21. The second kappa shape index (κ2) is 8.87. The Balaban J connectivity index is 1.47. The number of hydrogen-bond donors (Lipinski definition) is 1. The third-order valence-corrected chi connectivity index (χ3v) is 4.79. The van der Waals surface area contributed by atoms with Gasteiger partial charge in [-0.3, -0.25) is 9.48 Å². The molecule has 0 aliphatic rings. The van der Waals surface area contributed by atoms with Crippen LogP contribution in [-0.4, -0.2) is 27.3 Å². The minimum Gasteiger partial charge on any atom is -0.493 e. The SMILES string of the molecule is CCOc1ccccc1C(=O)Nc1ccc(-c2nc(Cn3cc(C)cn3)c(C)o2)cc1. The van der Waals surface area contributed by atoms with E-state index in [-0.39, 0.29) is 5.91 Å². The first-order chi connectivity index (χ1) is 15.0. The number of aryl methyl sites for hydroxylation is 2. The average molecular weight is 416 g/mol. The number of nitrogens with zero attached hydrogens (tertiary/aromatic N) is 3. The summed E-state index contributed by atoms with van der Waals surface area (Å²) in [6.45, 7) is 6.83. The van der Waals surface area contributed by atoms with E-state index in [0.29, 0.717) is 36.0 Å². The summed E-state index contributed by atoms with van der Waals surface area (Å²) in [4.78, 5) is 17.3. The Bertz CT molecular complexity index is 1190. The van der Waals surface area contributed by atoms with Crippen LogP contribution in [0, 0.1) is 13.8 Å². The summed E-state index contributed by atoms with van der Waals surface area (Å²) in [6.07, 6.45) is 3.78. The molecule has 4 rings (SSSR count). The Morgan fingerprint density at radius 3 is 2.61 bits per heavy atom. The Morgan fingerprint density at radius 1 is 1.13 bits per heavy atom. The third-order valence-electron chi connectivity index (χ3n) is 4.79. The number of hydrogen-bond acceptors (Lipinski definition) is 5. The van der Waals surface area contributed by atoms with Gasteiger partial charge in [-0.05, 0) is 62.7 Å². The zero-order chi connectivity index (χ0) is 21.8. The van der Waals surface area contributed by atoms with Crippen LogP contribution in [0.2, 0.25) is 0 Å². The van der Waals surface area contributed by atoms with Gasteiger partial charge in [-0.15, -0.1) is 0 Å². The smallest absolute Gasteiger partial charge is 0.259 e. The summed E-state index contributed by atoms with van der Waals surface area (Å²) in [5.41, 5.74) is 3.94. The summed E-state index contributed by atoms with van der Waals surface area (Å²) >= 11 is 0. The quantitative estimate of drug-likeness (QED) is 0.465. The molecule has 0 saturated carbocycles. The molecule has 2 heterocycles. The molecule has 0 atom stereocenters. The van der Waals surface area contributed by atoms with Gasteiger partial charge >= 0.3 is 0 Å². The lowest BCUT2D eigenvalue weighted by atomic mass is 10.1. The van der Waals surface area contributed by atoms with Gasteiger partial charge in [0.05, 0.1) is 24.9 Å². The van der Waals surface area contributed by atoms with Crippen LogP contribution in [0.3, 0.4) is 0 Å². The van der Waals surface area contributed by atoms with E-state index in [1.807, 2.05) is 74.2 Å². The molecule has 0 aliphatic carbocycles. The maximum atomic E-state index is 12.7. The van der Waals surface area contributed by atoms with Crippen molar-refractivity contribution in [3.63, 3.8) is 0 Å². The molecule has 0 radical (unpaired) electrons. The number of ether oxygens (including phenoxy) is 1. The van der Waals surface area contributed by atoms with Crippen molar-refractivity contribution in [3.05, 3.63) is 83.5 Å². The Hall–Kier alpha value is -3.87. The maximum absolute atomic E-state index is 12.7. The van der Waals surface area contributed by atoms with Crippen molar-refractivity contribution in [2.24, 2.45) is 0 Å². The molecular weight excluding hydrogens is 392 g/mol. The number of amides is 1. The van der Waals surface area contributed by atoms with Gasteiger partial charge in [-0.2, -0.15) is 5.10 Å². The maximum Gasteiger partial charge on any atom is 0.259 e. The highest BCUT2D eigenvalue weighted by molar-refractivity contribution is 6.06. The number of nitrogens with one attached hydrogen (secondary N) is 1. The van der Waals surface area contributed by atoms with Crippen LogP contribution in [-0.2, 0) is 6.54 Å². The standard InChI is InChI=1S/C24H24N4O3/c1-4-30-22-8-6-5-7-20(22)23(29)26-19-11-9-18(10-12-19)24-27-21(17(3)31-24)15-28-14-16(2)13-25-28/h5-14H,4,15H2,1-3H3,(H,26,29). The number of benzene rings is 2. The number of carbonyl (C=O) groups excluding carboxylic acids is 1. The summed E-state index contributed by atoms with van der Waals surface area (Å²) in [5.74, 6) is 1.64. The fourth-order valence-corrected chi connectivity index (χ4v) is 3.24. The largest absolute Gasteiger partial charge is 0.493 e. The molecule has 0 unspecified atom stereocenters. The lowest BCUT2D eigenvalue weighted by Crippen LogP contribution is -2.13. The molecule has 1 amide bonds. The van der Waals surface area contributed by atoms with Gasteiger partial charge in [0.25, 0.3) is 5.91 Å². The van der Waals surface area contributed by atoms with E-state index in [9.17, 15) is 4.79 Å². The van der Waals surface area contributed by atoms with Gasteiger partial charge in [0, 0.05) is 17.4 Å². The van der Waals surface area contributed by atoms with Crippen LogP contribution in [0.4, 0.5) is 5.69 Å². The van der Waals surface area contributed by atoms with Crippen LogP contribution >= 0.6 is 0 Å². The van der Waals surface area contributed by atoms with E-state index in [1.54, 1.807) is 12.1 Å². The fraction of sp³-hybridized carbons (Fsp3) is 0.208. The summed E-state index contributed by atoms with van der Waals surface area (Å²) < 4.78 is 13.2. The number of carbonyl (C=O) groups is 1. The first kappa shape index (κ1) is 20.4. The molecule has 0 spiro atoms. The highest BCUT2D eigenvalue weighted by atomic mass is 16.5. The second-order valence-electron chi connectivity index (χ2n) is 7.20. The average Bonchev–Trinajstić information content (AvgIpc) is 3.34. The number of rotatable bonds is 7. The third kappa shape index (κ3) is 4.66. The topological polar surface area (TPSA) is 82.2 Å². The van der Waals surface area contributed by atoms with Crippen LogP contribution in [0.15, 0.2) is 65.3 Å². The number of oxazole rings is 1. The minimum absolute atomic E-state index is 0.222. The van der Waals surface area contributed by atoms with E-state index in [4.69, 9.17) is 9.15 Å². The van der Waals surface area contributed by atoms with Crippen LogP contribution in [0.25, 0.3) is 11.5 Å². The van der Waals surface area contributed by atoms with Crippen LogP contribution in [0.5, 0.6) is 5.75 Å². The summed E-state index contributed by atoms with van der Waals surface area (Å²) in [6, 6.07) is 14.6. The van der Waals surface area contributed by atoms with Crippen molar-refractivity contribution in [2.45, 2.75) is 27.3 Å². The molecule has 0 bridgehead atoms. The zero-order valence-corrected chi connectivity index (χ0v) is 17.8. The lowest BCUT2D eigenvalue weighted by Gasteiger charge is -2.10. The zero-order valence-electron chi connectivity index (χ0n) is 17.8. The molecule has 31 heavy (non-hydrogen) atoms. The van der Waals surface area contributed by atoms with Gasteiger partial charge in [0.1, 0.15) is 17.2 Å². The Morgan fingerprint density at radius 2 is 1.90 bits per heavy atom. The molecule has 4 aromatic rings. The van der Waals surface area contributed by atoms with Gasteiger partial charge < -0.3 is 14.5 Å². The Kier molecular flexibility index (Phi) is 5.84. The van der Waals surface area contributed by atoms with Gasteiger partial charge in [-0.25, -0.2) is 4.98 Å². The fourth-order valence-electron chi connectivity index (χ4n) is 3.24. The second-order valence-corrected chi connectivity index (χ2v) is 7.20. The van der Waals surface area contributed by atoms with E-state index in [2.05, 4.69) is 15.4 Å². The molecule has 7 nitrogen and oxygen atoms in total. The number of anilines is 1. The van der Waals surface area contributed by atoms with Crippen molar-refractivity contribution >= 4 is 11.6 Å². The monoisotopic (exact) mass is 416 g/mol. The highest BCUT2D eigenvalue weighted by Crippen LogP contribution is 2.25. The van der Waals surface area contributed by atoms with Gasteiger partial charge in [0.15, 0.2) is 0 Å². The molecule has 2 aromatic carbocycles. The van der Waals surface area contributed by atoms with E-state index < -0.39 is 0 Å². The van der Waals surface area contributed by atoms with Crippen molar-refractivity contribution < 1.29 is 13.9 Å². The van der Waals surface area contributed by atoms with Gasteiger partial charge in [0.2, 0.25) is 5.89 Å². The molecular formula is C24H24N4O3. The van der Waals surface area contributed by atoms with Crippen LogP contribution in [0.1, 0.15) is 34.3 Å². The number of para-hydroxylation sites is 1. The first-order valence-electron chi connectivity index (χ1n) is 10.1. The minimum atomic E-state index is -0.222. The molecule has 0 saturated heterocycles. The predicted octanol–water partition coefficient (Wildman–Crippen LogP) is 4.85. The summed E-state index contributed by atoms with van der Waals surface area (Å²) in [7, 11) is 0. The van der Waals surface area contributed by atoms with Crippen molar-refractivity contribution in [2.75, 3.05) is 11.9 Å². The van der Waals surface area contributed by atoms with Crippen molar-refractivity contribution in [1.82, 2.24) is 14.8 Å². The number of aromatic nitrogens is 3. The first-order valence-corrected chi connectivity index (χ1v) is 10.1. The van der Waals surface area contributed by atoms with Gasteiger partial charge in [-0.1, -0.05) is 12.1 Å².